The van der Waals surface area contributed by atoms with E-state index in [2.05, 4.69) is 6.07 Å². The van der Waals surface area contributed by atoms with E-state index in [0.29, 0.717) is 6.42 Å². The number of non-ortho nitro benzene ring substituents is 1. The largest absolute Gasteiger partial charge is 0.269 e. The predicted octanol–water partition coefficient (Wildman–Crippen LogP) is 4.97. The minimum Gasteiger partial charge on any atom is -0.258 e. The summed E-state index contributed by atoms with van der Waals surface area (Å²) in [6, 6.07) is 8.88. The Hall–Kier alpha value is -1.04. The lowest BCUT2D eigenvalue weighted by molar-refractivity contribution is -0.384. The van der Waals surface area contributed by atoms with Crippen LogP contribution in [0.15, 0.2) is 30.3 Å². The summed E-state index contributed by atoms with van der Waals surface area (Å²) < 4.78 is 0. The summed E-state index contributed by atoms with van der Waals surface area (Å²) in [6.07, 6.45) is 1.85. The van der Waals surface area contributed by atoms with E-state index in [9.17, 15) is 10.1 Å². The molecule has 0 saturated heterocycles. The molecule has 0 amide bonds. The van der Waals surface area contributed by atoms with Gasteiger partial charge in [0, 0.05) is 27.6 Å². The van der Waals surface area contributed by atoms with Crippen molar-refractivity contribution in [3.63, 3.8) is 0 Å². The van der Waals surface area contributed by atoms with Crippen LogP contribution in [0, 0.1) is 10.1 Å². The molecule has 2 heterocycles. The quantitative estimate of drug-likeness (QED) is 0.449. The number of alkyl halides is 1. The third-order valence-corrected chi connectivity index (χ3v) is 6.40. The zero-order valence-electron chi connectivity index (χ0n) is 11.3. The van der Waals surface area contributed by atoms with Crippen molar-refractivity contribution in [2.24, 2.45) is 0 Å². The number of benzene rings is 1. The van der Waals surface area contributed by atoms with Crippen LogP contribution in [0.2, 0.25) is 0 Å². The van der Waals surface area contributed by atoms with E-state index >= 15 is 0 Å². The fourth-order valence-corrected chi connectivity index (χ4v) is 5.11. The second-order valence-electron chi connectivity index (χ2n) is 4.99. The van der Waals surface area contributed by atoms with Crippen LogP contribution in [-0.2, 0) is 18.6 Å². The van der Waals surface area contributed by atoms with Crippen LogP contribution in [0.3, 0.4) is 0 Å². The lowest BCUT2D eigenvalue weighted by atomic mass is 10.1. The highest BCUT2D eigenvalue weighted by molar-refractivity contribution is 7.98. The van der Waals surface area contributed by atoms with Gasteiger partial charge in [-0.15, -0.1) is 22.9 Å². The first-order chi connectivity index (χ1) is 10.1. The van der Waals surface area contributed by atoms with Crippen molar-refractivity contribution in [3.8, 4) is 0 Å². The van der Waals surface area contributed by atoms with Gasteiger partial charge in [0.2, 0.25) is 0 Å². The van der Waals surface area contributed by atoms with Gasteiger partial charge in [-0.05, 0) is 35.8 Å². The third-order valence-electron chi connectivity index (χ3n) is 3.52. The number of nitro benzene ring substituents is 1. The van der Waals surface area contributed by atoms with Crippen LogP contribution in [0.4, 0.5) is 5.69 Å². The topological polar surface area (TPSA) is 43.1 Å². The molecule has 1 aromatic heterocycles. The van der Waals surface area contributed by atoms with E-state index in [0.717, 1.165) is 17.7 Å². The highest BCUT2D eigenvalue weighted by atomic mass is 35.5. The van der Waals surface area contributed by atoms with Gasteiger partial charge in [-0.1, -0.05) is 12.1 Å². The summed E-state index contributed by atoms with van der Waals surface area (Å²) in [5.41, 5.74) is 2.58. The van der Waals surface area contributed by atoms with Gasteiger partial charge in [-0.3, -0.25) is 10.1 Å². The lowest BCUT2D eigenvalue weighted by Crippen LogP contribution is -1.96. The molecule has 1 atom stereocenters. The summed E-state index contributed by atoms with van der Waals surface area (Å²) >= 11 is 10.3. The van der Waals surface area contributed by atoms with Gasteiger partial charge in [0.1, 0.15) is 0 Å². The summed E-state index contributed by atoms with van der Waals surface area (Å²) in [4.78, 5) is 12.9. The number of nitrogens with zero attached hydrogens (tertiary/aromatic N) is 1. The van der Waals surface area contributed by atoms with Gasteiger partial charge in [-0.25, -0.2) is 0 Å². The zero-order chi connectivity index (χ0) is 14.8. The molecule has 0 fully saturated rings. The summed E-state index contributed by atoms with van der Waals surface area (Å²) in [7, 11) is 0. The number of nitro groups is 1. The van der Waals surface area contributed by atoms with Gasteiger partial charge in [0.15, 0.2) is 0 Å². The minimum absolute atomic E-state index is 0.0629. The van der Waals surface area contributed by atoms with E-state index < -0.39 is 0 Å². The second kappa shape index (κ2) is 6.38. The number of halogens is 1. The highest BCUT2D eigenvalue weighted by Crippen LogP contribution is 2.37. The molecule has 0 radical (unpaired) electrons. The molecule has 1 unspecified atom stereocenters. The van der Waals surface area contributed by atoms with Crippen LogP contribution in [-0.4, -0.2) is 10.7 Å². The number of rotatable bonds is 4. The van der Waals surface area contributed by atoms with Crippen molar-refractivity contribution in [2.45, 2.75) is 24.0 Å². The molecule has 1 aliphatic rings. The molecule has 0 saturated carbocycles. The molecule has 3 nitrogen and oxygen atoms in total. The van der Waals surface area contributed by atoms with Crippen LogP contribution in [0.25, 0.3) is 0 Å². The summed E-state index contributed by atoms with van der Waals surface area (Å²) in [5, 5.41) is 10.6. The van der Waals surface area contributed by atoms with Crippen molar-refractivity contribution in [1.29, 1.82) is 0 Å². The molecule has 3 rings (SSSR count). The predicted molar refractivity (Wildman–Crippen MR) is 89.6 cm³/mol. The number of thioether (sulfide) groups is 1. The van der Waals surface area contributed by atoms with Crippen molar-refractivity contribution < 1.29 is 4.92 Å². The number of hydrogen-bond acceptors (Lipinski definition) is 4. The van der Waals surface area contributed by atoms with Crippen molar-refractivity contribution >= 4 is 40.4 Å². The fraction of sp³-hybridized carbons (Fsp3) is 0.333. The van der Waals surface area contributed by atoms with Crippen LogP contribution >= 0.6 is 34.7 Å². The monoisotopic (exact) mass is 339 g/mol. The maximum Gasteiger partial charge on any atom is 0.269 e. The molecule has 0 bridgehead atoms. The zero-order valence-corrected chi connectivity index (χ0v) is 13.6. The van der Waals surface area contributed by atoms with Crippen LogP contribution in [0.1, 0.15) is 26.3 Å². The Morgan fingerprint density at radius 3 is 2.76 bits per heavy atom. The Balaban J connectivity index is 1.72. The molecule has 0 N–H and O–H groups in total. The van der Waals surface area contributed by atoms with Crippen LogP contribution < -0.4 is 0 Å². The number of hydrogen-bond donors (Lipinski definition) is 0. The van der Waals surface area contributed by atoms with Gasteiger partial charge < -0.3 is 0 Å². The molecule has 1 aliphatic heterocycles. The molecule has 110 valence electrons. The van der Waals surface area contributed by atoms with E-state index in [1.807, 2.05) is 23.1 Å². The molecule has 2 aromatic rings. The number of fused-ring (bicyclic) bond motifs is 1. The van der Waals surface area contributed by atoms with Gasteiger partial charge in [0.05, 0.1) is 10.3 Å². The van der Waals surface area contributed by atoms with Gasteiger partial charge in [-0.2, -0.15) is 11.8 Å². The third kappa shape index (κ3) is 3.42. The number of thiophene rings is 1. The van der Waals surface area contributed by atoms with E-state index in [4.69, 9.17) is 11.6 Å². The first kappa shape index (κ1) is 14.9. The molecule has 21 heavy (non-hydrogen) atoms. The van der Waals surface area contributed by atoms with Crippen molar-refractivity contribution in [2.75, 3.05) is 5.75 Å². The average molecular weight is 340 g/mol. The Morgan fingerprint density at radius 2 is 2.10 bits per heavy atom. The van der Waals surface area contributed by atoms with E-state index in [1.54, 1.807) is 12.1 Å². The smallest absolute Gasteiger partial charge is 0.258 e. The highest BCUT2D eigenvalue weighted by Gasteiger charge is 2.18. The van der Waals surface area contributed by atoms with Gasteiger partial charge in [0.25, 0.3) is 5.69 Å². The normalized spacial score (nSPS) is 15.5. The minimum atomic E-state index is -0.382. The molecule has 0 spiro atoms. The average Bonchev–Trinajstić information content (AvgIpc) is 2.92. The fourth-order valence-electron chi connectivity index (χ4n) is 2.39. The Bertz CT molecular complexity index is 631. The standard InChI is InChI=1S/C15H14ClNO2S2/c16-13(7-10-1-3-12(4-2-10)17(18)19)15-8-11-9-20-6-5-14(11)21-15/h1-4,8,13H,5-7,9H2. The Morgan fingerprint density at radius 1 is 1.33 bits per heavy atom. The molecule has 0 aliphatic carbocycles. The van der Waals surface area contributed by atoms with Crippen molar-refractivity contribution in [3.05, 3.63) is 61.3 Å². The number of aryl methyl sites for hydroxylation is 1. The lowest BCUT2D eigenvalue weighted by Gasteiger charge is -2.08. The molecule has 6 heteroatoms. The first-order valence-corrected chi connectivity index (χ1v) is 9.11. The molecule has 1 aromatic carbocycles. The molecular formula is C15H14ClNO2S2. The Labute approximate surface area is 136 Å². The van der Waals surface area contributed by atoms with E-state index in [1.165, 1.54) is 33.2 Å². The van der Waals surface area contributed by atoms with Crippen molar-refractivity contribution in [1.82, 2.24) is 0 Å². The summed E-state index contributed by atoms with van der Waals surface area (Å²) in [5.74, 6) is 2.29. The van der Waals surface area contributed by atoms with Gasteiger partial charge >= 0.3 is 0 Å². The maximum absolute atomic E-state index is 10.6. The van der Waals surface area contributed by atoms with E-state index in [-0.39, 0.29) is 16.0 Å². The second-order valence-corrected chi connectivity index (χ2v) is 7.80. The Kier molecular flexibility index (Phi) is 4.52. The summed E-state index contributed by atoms with van der Waals surface area (Å²) in [6.45, 7) is 0. The SMILES string of the molecule is O=[N+]([O-])c1ccc(CC(Cl)c2cc3c(s2)CCSC3)cc1. The first-order valence-electron chi connectivity index (χ1n) is 6.70. The van der Waals surface area contributed by atoms with Crippen LogP contribution in [0.5, 0.6) is 0 Å². The molecular weight excluding hydrogens is 326 g/mol. The maximum atomic E-state index is 10.6.